The molecule has 0 fully saturated rings. The minimum Gasteiger partial charge on any atom is -0.481 e. The molecule has 1 aromatic carbocycles. The van der Waals surface area contributed by atoms with Crippen molar-refractivity contribution in [1.82, 2.24) is 24.5 Å². The number of ether oxygens (including phenoxy) is 1. The van der Waals surface area contributed by atoms with Crippen molar-refractivity contribution >= 4 is 22.6 Å². The maximum atomic E-state index is 13.2. The molecule has 2 N–H and O–H groups in total. The number of halogens is 3. The molecule has 0 unspecified atom stereocenters. The van der Waals surface area contributed by atoms with Gasteiger partial charge < -0.3 is 19.6 Å². The number of aromatic nitrogens is 5. The van der Waals surface area contributed by atoms with E-state index in [0.29, 0.717) is 11.2 Å². The van der Waals surface area contributed by atoms with Crippen LogP contribution < -0.4 is 10.1 Å². The molecule has 0 radical (unpaired) electrons. The van der Waals surface area contributed by atoms with Crippen LogP contribution in [0.15, 0.2) is 67.4 Å². The van der Waals surface area contributed by atoms with Gasteiger partial charge in [0.25, 0.3) is 0 Å². The van der Waals surface area contributed by atoms with E-state index < -0.39 is 23.5 Å². The van der Waals surface area contributed by atoms with E-state index in [4.69, 9.17) is 0 Å². The highest BCUT2D eigenvalue weighted by atomic mass is 19.4. The van der Waals surface area contributed by atoms with Crippen molar-refractivity contribution in [2.24, 2.45) is 7.05 Å². The minimum atomic E-state index is -4.66. The van der Waals surface area contributed by atoms with Crippen molar-refractivity contribution in [2.45, 2.75) is 12.6 Å². The van der Waals surface area contributed by atoms with Crippen LogP contribution in [0.25, 0.3) is 22.2 Å². The van der Waals surface area contributed by atoms with Gasteiger partial charge in [-0.05, 0) is 41.2 Å². The van der Waals surface area contributed by atoms with E-state index in [-0.39, 0.29) is 12.1 Å². The number of hydrogen-bond donors (Lipinski definition) is 2. The number of fused-ring (bicyclic) bond motifs is 1. The second kappa shape index (κ2) is 10.3. The third-order valence-electron chi connectivity index (χ3n) is 5.90. The Morgan fingerprint density at radius 1 is 1.05 bits per heavy atom. The van der Waals surface area contributed by atoms with Gasteiger partial charge in [-0.1, -0.05) is 24.3 Å². The van der Waals surface area contributed by atoms with Gasteiger partial charge in [-0.3, -0.25) is 4.79 Å². The number of aromatic amines is 1. The summed E-state index contributed by atoms with van der Waals surface area (Å²) in [6, 6.07) is 12.0. The third kappa shape index (κ3) is 5.75. The number of aryl methyl sites for hydroxylation is 1. The molecule has 0 spiro atoms. The molecule has 11 heteroatoms. The van der Waals surface area contributed by atoms with Gasteiger partial charge in [0, 0.05) is 24.2 Å². The van der Waals surface area contributed by atoms with E-state index in [1.165, 1.54) is 0 Å². The molecule has 0 saturated carbocycles. The Kier molecular flexibility index (Phi) is 6.77. The fourth-order valence-corrected chi connectivity index (χ4v) is 3.94. The molecule has 0 aliphatic carbocycles. The first-order valence-corrected chi connectivity index (χ1v) is 11.7. The second-order valence-electron chi connectivity index (χ2n) is 8.69. The quantitative estimate of drug-likeness (QED) is 0.313. The Bertz CT molecular complexity index is 1730. The summed E-state index contributed by atoms with van der Waals surface area (Å²) in [5.41, 5.74) is 3.57. The lowest BCUT2D eigenvalue weighted by Gasteiger charge is -2.13. The van der Waals surface area contributed by atoms with Crippen LogP contribution >= 0.6 is 0 Å². The number of benzene rings is 1. The average molecular weight is 531 g/mol. The van der Waals surface area contributed by atoms with Gasteiger partial charge in [0.1, 0.15) is 16.9 Å². The Morgan fingerprint density at radius 3 is 2.54 bits per heavy atom. The highest BCUT2D eigenvalue weighted by Crippen LogP contribution is 2.36. The number of anilines is 1. The minimum absolute atomic E-state index is 0.0263. The first kappa shape index (κ1) is 25.5. The molecule has 0 atom stereocenters. The third-order valence-corrected chi connectivity index (χ3v) is 5.90. The van der Waals surface area contributed by atoms with Crippen molar-refractivity contribution < 1.29 is 22.7 Å². The maximum Gasteiger partial charge on any atom is 0.421 e. The average Bonchev–Trinajstić information content (AvgIpc) is 3.52. The summed E-state index contributed by atoms with van der Waals surface area (Å²) in [5, 5.41) is 3.36. The monoisotopic (exact) mass is 530 g/mol. The number of H-pyrrole nitrogens is 1. The zero-order chi connectivity index (χ0) is 27.6. The summed E-state index contributed by atoms with van der Waals surface area (Å²) in [4.78, 5) is 27.8. The van der Waals surface area contributed by atoms with Gasteiger partial charge in [0.05, 0.1) is 43.6 Å². The van der Waals surface area contributed by atoms with Crippen molar-refractivity contribution in [2.75, 3.05) is 12.4 Å². The first-order valence-electron chi connectivity index (χ1n) is 11.7. The molecule has 0 bridgehead atoms. The number of amides is 1. The number of alkyl halides is 3. The Labute approximate surface area is 220 Å². The van der Waals surface area contributed by atoms with Crippen LogP contribution in [0.3, 0.4) is 0 Å². The summed E-state index contributed by atoms with van der Waals surface area (Å²) in [5.74, 6) is 5.12. The molecule has 196 valence electrons. The number of rotatable bonds is 5. The van der Waals surface area contributed by atoms with Crippen LogP contribution in [0.2, 0.25) is 0 Å². The smallest absolute Gasteiger partial charge is 0.421 e. The van der Waals surface area contributed by atoms with Gasteiger partial charge in [0.15, 0.2) is 0 Å². The van der Waals surface area contributed by atoms with E-state index >= 15 is 0 Å². The van der Waals surface area contributed by atoms with Crippen LogP contribution in [0.5, 0.6) is 5.88 Å². The summed E-state index contributed by atoms with van der Waals surface area (Å²) < 4.78 is 46.2. The number of pyridine rings is 2. The number of carbonyl (C=O) groups excluding carboxylic acids is 1. The van der Waals surface area contributed by atoms with Crippen LogP contribution in [-0.2, 0) is 24.4 Å². The summed E-state index contributed by atoms with van der Waals surface area (Å²) in [6.07, 6.45) is 1.55. The molecule has 5 rings (SSSR count). The number of carbonyl (C=O) groups is 1. The second-order valence-corrected chi connectivity index (χ2v) is 8.69. The van der Waals surface area contributed by atoms with Crippen molar-refractivity contribution in [3.8, 4) is 28.8 Å². The molecule has 0 aliphatic heterocycles. The lowest BCUT2D eigenvalue weighted by atomic mass is 10.0. The van der Waals surface area contributed by atoms with Crippen molar-refractivity contribution in [3.63, 3.8) is 0 Å². The largest absolute Gasteiger partial charge is 0.481 e. The summed E-state index contributed by atoms with van der Waals surface area (Å²) >= 11 is 0. The zero-order valence-corrected chi connectivity index (χ0v) is 20.8. The highest BCUT2D eigenvalue weighted by molar-refractivity contribution is 5.92. The fourth-order valence-electron chi connectivity index (χ4n) is 3.94. The summed E-state index contributed by atoms with van der Waals surface area (Å²) in [7, 11) is 2.97. The van der Waals surface area contributed by atoms with Gasteiger partial charge in [-0.2, -0.15) is 13.2 Å². The number of methoxy groups -OCH3 is 1. The normalized spacial score (nSPS) is 11.2. The van der Waals surface area contributed by atoms with Crippen LogP contribution in [-0.4, -0.2) is 37.5 Å². The molecule has 5 aromatic rings. The molecule has 8 nitrogen and oxygen atoms in total. The highest BCUT2D eigenvalue weighted by Gasteiger charge is 2.35. The standard InChI is InChI=1S/C28H21F3N6O2/c1-37-16-32-15-23(37)8-7-21-11-19-10-20(13-33-26(19)36-21)18-5-3-17(4-6-18)9-25(38)35-22-12-24(28(29,30)31)27(39-2)34-14-22/h3-6,10-16H,9H2,1-2H3,(H,33,36)(H,35,38). The van der Waals surface area contributed by atoms with Crippen molar-refractivity contribution in [3.05, 3.63) is 89.9 Å². The molecule has 0 aliphatic rings. The number of nitrogens with zero attached hydrogens (tertiary/aromatic N) is 4. The van der Waals surface area contributed by atoms with Crippen LogP contribution in [0, 0.1) is 11.8 Å². The lowest BCUT2D eigenvalue weighted by Crippen LogP contribution is -2.16. The SMILES string of the molecule is COc1ncc(NC(=O)Cc2ccc(-c3cnc4[nH]c(C#Cc5cncn5C)cc4c3)cc2)cc1C(F)(F)F. The van der Waals surface area contributed by atoms with Crippen molar-refractivity contribution in [1.29, 1.82) is 0 Å². The molecule has 4 aromatic heterocycles. The Balaban J connectivity index is 1.27. The van der Waals surface area contributed by atoms with Gasteiger partial charge in [-0.15, -0.1) is 0 Å². The molecular formula is C28H21F3N6O2. The first-order chi connectivity index (χ1) is 18.7. The van der Waals surface area contributed by atoms with E-state index in [2.05, 4.69) is 41.8 Å². The molecule has 39 heavy (non-hydrogen) atoms. The van der Waals surface area contributed by atoms with Gasteiger partial charge in [-0.25, -0.2) is 15.0 Å². The molecule has 1 amide bonds. The topological polar surface area (TPSA) is 97.7 Å². The van der Waals surface area contributed by atoms with E-state index in [1.807, 2.05) is 35.9 Å². The van der Waals surface area contributed by atoms with E-state index in [9.17, 15) is 18.0 Å². The number of imidazole rings is 1. The Morgan fingerprint density at radius 2 is 1.85 bits per heavy atom. The molecular weight excluding hydrogens is 509 g/mol. The zero-order valence-electron chi connectivity index (χ0n) is 20.8. The maximum absolute atomic E-state index is 13.2. The van der Waals surface area contributed by atoms with Crippen LogP contribution in [0.4, 0.5) is 18.9 Å². The predicted octanol–water partition coefficient (Wildman–Crippen LogP) is 4.97. The fraction of sp³-hybridized carbons (Fsp3) is 0.143. The van der Waals surface area contributed by atoms with Gasteiger partial charge >= 0.3 is 6.18 Å². The number of hydrogen-bond acceptors (Lipinski definition) is 5. The molecule has 4 heterocycles. The van der Waals surface area contributed by atoms with E-state index in [0.717, 1.165) is 47.3 Å². The number of nitrogens with one attached hydrogen (secondary N) is 2. The predicted molar refractivity (Wildman–Crippen MR) is 139 cm³/mol. The van der Waals surface area contributed by atoms with Gasteiger partial charge in [0.2, 0.25) is 11.8 Å². The molecule has 0 saturated heterocycles. The summed E-state index contributed by atoms with van der Waals surface area (Å²) in [6.45, 7) is 0. The Hall–Kier alpha value is -5.11. The van der Waals surface area contributed by atoms with E-state index in [1.54, 1.807) is 30.9 Å². The lowest BCUT2D eigenvalue weighted by molar-refractivity contribution is -0.139. The van der Waals surface area contributed by atoms with Crippen LogP contribution in [0.1, 0.15) is 22.5 Å².